The first-order valence-corrected chi connectivity index (χ1v) is 4.81. The first-order chi connectivity index (χ1) is 8.24. The highest BCUT2D eigenvalue weighted by Crippen LogP contribution is 2.16. The van der Waals surface area contributed by atoms with Crippen LogP contribution in [0.5, 0.6) is 0 Å². The Bertz CT molecular complexity index is 543. The van der Waals surface area contributed by atoms with Gasteiger partial charge in [-0.1, -0.05) is 5.16 Å². The second kappa shape index (κ2) is 4.69. The van der Waals surface area contributed by atoms with E-state index in [1.54, 1.807) is 12.1 Å². The van der Waals surface area contributed by atoms with E-state index in [1.165, 1.54) is 6.20 Å². The van der Waals surface area contributed by atoms with Crippen LogP contribution in [0.4, 0.5) is 0 Å². The first kappa shape index (κ1) is 11.2. The fourth-order valence-corrected chi connectivity index (χ4v) is 1.16. The van der Waals surface area contributed by atoms with Gasteiger partial charge >= 0.3 is 0 Å². The molecule has 86 valence electrons. The van der Waals surface area contributed by atoms with E-state index in [0.717, 1.165) is 0 Å². The van der Waals surface area contributed by atoms with Crippen LogP contribution in [0.2, 0.25) is 0 Å². The molecule has 17 heavy (non-hydrogen) atoms. The quantitative estimate of drug-likeness (QED) is 0.761. The molecule has 7 nitrogen and oxygen atoms in total. The van der Waals surface area contributed by atoms with Gasteiger partial charge in [0.2, 0.25) is 0 Å². The second-order valence-corrected chi connectivity index (χ2v) is 3.29. The molecule has 2 heterocycles. The summed E-state index contributed by atoms with van der Waals surface area (Å²) < 4.78 is 4.95. The number of hydrogen-bond acceptors (Lipinski definition) is 7. The number of aliphatic hydroxyl groups is 1. The van der Waals surface area contributed by atoms with Crippen molar-refractivity contribution in [2.45, 2.75) is 6.04 Å². The molecule has 1 atom stereocenters. The largest absolute Gasteiger partial charge is 0.394 e. The predicted molar refractivity (Wildman–Crippen MR) is 56.3 cm³/mol. The second-order valence-electron chi connectivity index (χ2n) is 3.29. The van der Waals surface area contributed by atoms with Gasteiger partial charge < -0.3 is 15.4 Å². The van der Waals surface area contributed by atoms with Crippen molar-refractivity contribution in [1.29, 1.82) is 5.26 Å². The summed E-state index contributed by atoms with van der Waals surface area (Å²) in [5.41, 5.74) is 6.43. The molecule has 0 radical (unpaired) electrons. The zero-order valence-corrected chi connectivity index (χ0v) is 8.74. The van der Waals surface area contributed by atoms with Gasteiger partial charge in [0.1, 0.15) is 11.8 Å². The number of pyridine rings is 1. The molecule has 3 N–H and O–H groups in total. The normalized spacial score (nSPS) is 12.1. The zero-order valence-electron chi connectivity index (χ0n) is 8.74. The van der Waals surface area contributed by atoms with E-state index >= 15 is 0 Å². The summed E-state index contributed by atoms with van der Waals surface area (Å²) in [5, 5.41) is 21.1. The van der Waals surface area contributed by atoms with Crippen LogP contribution in [0.25, 0.3) is 11.6 Å². The minimum Gasteiger partial charge on any atom is -0.394 e. The lowest BCUT2D eigenvalue weighted by Gasteiger charge is -1.98. The van der Waals surface area contributed by atoms with E-state index < -0.39 is 6.04 Å². The van der Waals surface area contributed by atoms with Crippen LogP contribution in [-0.2, 0) is 0 Å². The molecule has 0 fully saturated rings. The van der Waals surface area contributed by atoms with Crippen LogP contribution in [0.3, 0.4) is 0 Å². The van der Waals surface area contributed by atoms with Crippen molar-refractivity contribution in [2.75, 3.05) is 6.61 Å². The lowest BCUT2D eigenvalue weighted by atomic mass is 10.2. The molecule has 0 aromatic carbocycles. The number of rotatable bonds is 3. The third-order valence-corrected chi connectivity index (χ3v) is 2.08. The fourth-order valence-electron chi connectivity index (χ4n) is 1.16. The molecule has 0 amide bonds. The standard InChI is InChI=1S/C10H9N5O2/c11-3-6-1-2-8(13-4-6)10-14-9(15-17-10)7(12)5-16/h1-2,4,7,16H,5,12H2. The van der Waals surface area contributed by atoms with Gasteiger partial charge in [-0.05, 0) is 12.1 Å². The summed E-state index contributed by atoms with van der Waals surface area (Å²) in [7, 11) is 0. The number of nitrogens with two attached hydrogens (primary N) is 1. The van der Waals surface area contributed by atoms with Crippen LogP contribution in [0, 0.1) is 11.3 Å². The molecular weight excluding hydrogens is 222 g/mol. The van der Waals surface area contributed by atoms with E-state index in [9.17, 15) is 0 Å². The van der Waals surface area contributed by atoms with Gasteiger partial charge in [0, 0.05) is 6.20 Å². The average molecular weight is 231 g/mol. The Kier molecular flexibility index (Phi) is 3.09. The van der Waals surface area contributed by atoms with E-state index in [1.807, 2.05) is 6.07 Å². The van der Waals surface area contributed by atoms with Gasteiger partial charge in [-0.3, -0.25) is 0 Å². The highest BCUT2D eigenvalue weighted by Gasteiger charge is 2.14. The van der Waals surface area contributed by atoms with E-state index in [2.05, 4.69) is 15.1 Å². The van der Waals surface area contributed by atoms with Crippen molar-refractivity contribution in [2.24, 2.45) is 5.73 Å². The van der Waals surface area contributed by atoms with E-state index in [-0.39, 0.29) is 18.3 Å². The van der Waals surface area contributed by atoms with Crippen molar-refractivity contribution in [3.63, 3.8) is 0 Å². The van der Waals surface area contributed by atoms with Crippen molar-refractivity contribution in [3.8, 4) is 17.7 Å². The number of aromatic nitrogens is 3. The lowest BCUT2D eigenvalue weighted by molar-refractivity contribution is 0.260. The molecule has 7 heteroatoms. The summed E-state index contributed by atoms with van der Waals surface area (Å²) in [4.78, 5) is 7.99. The smallest absolute Gasteiger partial charge is 0.276 e. The van der Waals surface area contributed by atoms with Crippen molar-refractivity contribution < 1.29 is 9.63 Å². The Morgan fingerprint density at radius 3 is 2.94 bits per heavy atom. The summed E-state index contributed by atoms with van der Waals surface area (Å²) in [6.45, 7) is -0.264. The first-order valence-electron chi connectivity index (χ1n) is 4.81. The molecule has 0 spiro atoms. The topological polar surface area (TPSA) is 122 Å². The summed E-state index contributed by atoms with van der Waals surface area (Å²) in [6, 6.07) is 4.47. The SMILES string of the molecule is N#Cc1ccc(-c2nc(C(N)CO)no2)nc1. The molecule has 0 saturated carbocycles. The minimum atomic E-state index is -0.675. The van der Waals surface area contributed by atoms with Crippen LogP contribution in [-0.4, -0.2) is 26.8 Å². The van der Waals surface area contributed by atoms with Crippen molar-refractivity contribution in [1.82, 2.24) is 15.1 Å². The Labute approximate surface area is 96.5 Å². The summed E-state index contributed by atoms with van der Waals surface area (Å²) in [5.74, 6) is 0.419. The van der Waals surface area contributed by atoms with Gasteiger partial charge in [0.05, 0.1) is 18.2 Å². The maximum absolute atomic E-state index is 8.84. The van der Waals surface area contributed by atoms with Gasteiger partial charge in [-0.2, -0.15) is 10.2 Å². The van der Waals surface area contributed by atoms with Gasteiger partial charge in [-0.15, -0.1) is 0 Å². The number of nitrogens with zero attached hydrogens (tertiary/aromatic N) is 4. The minimum absolute atomic E-state index is 0.202. The molecule has 0 aliphatic heterocycles. The molecule has 0 saturated heterocycles. The Morgan fingerprint density at radius 2 is 2.35 bits per heavy atom. The molecule has 2 rings (SSSR count). The molecule has 0 aliphatic carbocycles. The molecule has 0 aliphatic rings. The third-order valence-electron chi connectivity index (χ3n) is 2.08. The zero-order chi connectivity index (χ0) is 12.3. The Balaban J connectivity index is 2.28. The lowest BCUT2D eigenvalue weighted by Crippen LogP contribution is -2.15. The average Bonchev–Trinajstić information content (AvgIpc) is 2.87. The highest BCUT2D eigenvalue weighted by atomic mass is 16.5. The third kappa shape index (κ3) is 2.28. The predicted octanol–water partition coefficient (Wildman–Crippen LogP) is -0.00462. The summed E-state index contributed by atoms with van der Waals surface area (Å²) in [6.07, 6.45) is 1.41. The summed E-state index contributed by atoms with van der Waals surface area (Å²) >= 11 is 0. The maximum atomic E-state index is 8.84. The van der Waals surface area contributed by atoms with E-state index in [4.69, 9.17) is 20.6 Å². The van der Waals surface area contributed by atoms with Crippen molar-refractivity contribution >= 4 is 0 Å². The monoisotopic (exact) mass is 231 g/mol. The molecular formula is C10H9N5O2. The van der Waals surface area contributed by atoms with E-state index in [0.29, 0.717) is 11.3 Å². The molecule has 2 aromatic heterocycles. The maximum Gasteiger partial charge on any atom is 0.276 e. The number of hydrogen-bond donors (Lipinski definition) is 2. The molecule has 2 aromatic rings. The van der Waals surface area contributed by atoms with Crippen LogP contribution >= 0.6 is 0 Å². The number of aliphatic hydroxyl groups excluding tert-OH is 1. The van der Waals surface area contributed by atoms with Crippen LogP contribution in [0.15, 0.2) is 22.9 Å². The van der Waals surface area contributed by atoms with Gasteiger partial charge in [-0.25, -0.2) is 4.98 Å². The van der Waals surface area contributed by atoms with Gasteiger partial charge in [0.15, 0.2) is 5.82 Å². The van der Waals surface area contributed by atoms with Crippen molar-refractivity contribution in [3.05, 3.63) is 29.7 Å². The van der Waals surface area contributed by atoms with Crippen LogP contribution < -0.4 is 5.73 Å². The Hall–Kier alpha value is -2.30. The number of nitriles is 1. The fraction of sp³-hybridized carbons (Fsp3) is 0.200. The van der Waals surface area contributed by atoms with Crippen LogP contribution in [0.1, 0.15) is 17.4 Å². The Morgan fingerprint density at radius 1 is 1.53 bits per heavy atom. The molecule has 1 unspecified atom stereocenters. The molecule has 0 bridgehead atoms. The van der Waals surface area contributed by atoms with Gasteiger partial charge in [0.25, 0.3) is 5.89 Å². The highest BCUT2D eigenvalue weighted by molar-refractivity contribution is 5.47.